The molecule has 4 rings (SSSR count). The van der Waals surface area contributed by atoms with Crippen LogP contribution in [0.4, 0.5) is 4.39 Å². The van der Waals surface area contributed by atoms with Crippen molar-refractivity contribution in [3.8, 4) is 18.0 Å². The second-order valence-corrected chi connectivity index (χ2v) is 6.30. The van der Waals surface area contributed by atoms with Gasteiger partial charge in [-0.05, 0) is 42.0 Å². The lowest BCUT2D eigenvalue weighted by Crippen LogP contribution is -2.11. The Labute approximate surface area is 162 Å². The first-order valence-corrected chi connectivity index (χ1v) is 8.73. The van der Waals surface area contributed by atoms with Gasteiger partial charge in [0.2, 0.25) is 0 Å². The Morgan fingerprint density at radius 3 is 2.64 bits per heavy atom. The van der Waals surface area contributed by atoms with Gasteiger partial charge in [-0.2, -0.15) is 5.10 Å². The van der Waals surface area contributed by atoms with Crippen LogP contribution in [0.3, 0.4) is 0 Å². The van der Waals surface area contributed by atoms with E-state index in [4.69, 9.17) is 6.42 Å². The number of benzene rings is 2. The van der Waals surface area contributed by atoms with Crippen molar-refractivity contribution in [2.45, 2.75) is 6.54 Å². The smallest absolute Gasteiger partial charge is 0.123 e. The van der Waals surface area contributed by atoms with Crippen LogP contribution < -0.4 is 5.32 Å². The van der Waals surface area contributed by atoms with E-state index in [0.717, 1.165) is 33.4 Å². The molecule has 0 atom stereocenters. The third-order valence-corrected chi connectivity index (χ3v) is 4.49. The van der Waals surface area contributed by atoms with E-state index in [-0.39, 0.29) is 5.82 Å². The summed E-state index contributed by atoms with van der Waals surface area (Å²) < 4.78 is 15.0. The molecule has 0 spiro atoms. The van der Waals surface area contributed by atoms with Crippen molar-refractivity contribution >= 4 is 16.6 Å². The van der Waals surface area contributed by atoms with E-state index in [0.29, 0.717) is 12.2 Å². The number of nitrogens with zero attached hydrogens (tertiary/aromatic N) is 3. The van der Waals surface area contributed by atoms with Crippen molar-refractivity contribution in [2.24, 2.45) is 0 Å². The molecule has 0 aliphatic heterocycles. The molecule has 5 heteroatoms. The van der Waals surface area contributed by atoms with Crippen LogP contribution in [0.25, 0.3) is 22.3 Å². The highest BCUT2D eigenvalue weighted by Gasteiger charge is 2.11. The summed E-state index contributed by atoms with van der Waals surface area (Å²) in [5.41, 5.74) is 5.08. The highest BCUT2D eigenvalue weighted by Crippen LogP contribution is 2.25. The highest BCUT2D eigenvalue weighted by molar-refractivity contribution is 5.91. The Kier molecular flexibility index (Phi) is 4.61. The van der Waals surface area contributed by atoms with E-state index in [2.05, 4.69) is 27.9 Å². The normalized spacial score (nSPS) is 10.6. The molecule has 136 valence electrons. The van der Waals surface area contributed by atoms with Crippen LogP contribution in [0.2, 0.25) is 0 Å². The van der Waals surface area contributed by atoms with Crippen LogP contribution in [-0.4, -0.2) is 14.8 Å². The molecular weight excluding hydrogens is 351 g/mol. The molecule has 2 aromatic carbocycles. The quantitative estimate of drug-likeness (QED) is 0.534. The predicted octanol–water partition coefficient (Wildman–Crippen LogP) is 4.30. The van der Waals surface area contributed by atoms with Gasteiger partial charge in [-0.25, -0.2) is 14.1 Å². The van der Waals surface area contributed by atoms with E-state index in [1.54, 1.807) is 29.2 Å². The molecule has 0 aliphatic carbocycles. The van der Waals surface area contributed by atoms with Crippen molar-refractivity contribution in [3.05, 3.63) is 96.2 Å². The number of terminal acetylenes is 1. The number of pyridine rings is 1. The van der Waals surface area contributed by atoms with Crippen molar-refractivity contribution in [1.82, 2.24) is 20.1 Å². The number of hydrogen-bond acceptors (Lipinski definition) is 3. The van der Waals surface area contributed by atoms with Crippen molar-refractivity contribution in [1.29, 1.82) is 0 Å². The molecule has 4 aromatic rings. The maximum Gasteiger partial charge on any atom is 0.123 e. The minimum absolute atomic E-state index is 0.275. The molecule has 1 N–H and O–H groups in total. The van der Waals surface area contributed by atoms with E-state index < -0.39 is 0 Å². The molecule has 2 heterocycles. The largest absolute Gasteiger partial charge is 0.381 e. The lowest BCUT2D eigenvalue weighted by atomic mass is 10.1. The predicted molar refractivity (Wildman–Crippen MR) is 109 cm³/mol. The lowest BCUT2D eigenvalue weighted by Gasteiger charge is -2.11. The fraction of sp³-hybridized carbons (Fsp3) is 0.0435. The van der Waals surface area contributed by atoms with Gasteiger partial charge in [0.15, 0.2) is 0 Å². The second-order valence-electron chi connectivity index (χ2n) is 6.30. The number of halogens is 1. The lowest BCUT2D eigenvalue weighted by molar-refractivity contribution is 0.627. The van der Waals surface area contributed by atoms with Crippen LogP contribution in [0.5, 0.6) is 0 Å². The molecule has 2 aromatic heterocycles. The van der Waals surface area contributed by atoms with Gasteiger partial charge >= 0.3 is 0 Å². The average Bonchev–Trinajstić information content (AvgIpc) is 3.17. The van der Waals surface area contributed by atoms with Gasteiger partial charge < -0.3 is 5.32 Å². The Morgan fingerprint density at radius 2 is 1.93 bits per heavy atom. The summed E-state index contributed by atoms with van der Waals surface area (Å²) in [4.78, 5) is 4.20. The van der Waals surface area contributed by atoms with E-state index in [9.17, 15) is 4.39 Å². The minimum Gasteiger partial charge on any atom is -0.381 e. The van der Waals surface area contributed by atoms with Crippen molar-refractivity contribution in [2.75, 3.05) is 0 Å². The zero-order valence-electron chi connectivity index (χ0n) is 15.1. The van der Waals surface area contributed by atoms with Crippen molar-refractivity contribution in [3.63, 3.8) is 0 Å². The van der Waals surface area contributed by atoms with E-state index in [1.807, 2.05) is 30.3 Å². The van der Waals surface area contributed by atoms with Gasteiger partial charge in [0.25, 0.3) is 0 Å². The minimum atomic E-state index is -0.275. The summed E-state index contributed by atoms with van der Waals surface area (Å²) in [6.07, 6.45) is 8.88. The SMILES string of the molecule is C#Cc1ccc(CNC(=C)c2cccc3c2cnn3-c2ccc(F)cc2)cn1. The Hall–Kier alpha value is -3.91. The van der Waals surface area contributed by atoms with Crippen LogP contribution in [-0.2, 0) is 6.54 Å². The molecule has 28 heavy (non-hydrogen) atoms. The standard InChI is InChI=1S/C23H17FN4/c1-3-19-10-7-17(14-26-19)13-25-16(2)21-5-4-6-23-22(21)15-27-28(23)20-11-8-18(24)9-12-20/h1,4-12,14-15,25H,2,13H2. The number of rotatable bonds is 5. The van der Waals surface area contributed by atoms with Gasteiger partial charge in [0, 0.05) is 29.4 Å². The van der Waals surface area contributed by atoms with Gasteiger partial charge in [-0.15, -0.1) is 6.42 Å². The summed E-state index contributed by atoms with van der Waals surface area (Å²) >= 11 is 0. The van der Waals surface area contributed by atoms with Gasteiger partial charge in [0.1, 0.15) is 11.5 Å². The first-order chi connectivity index (χ1) is 13.7. The monoisotopic (exact) mass is 368 g/mol. The van der Waals surface area contributed by atoms with E-state index in [1.165, 1.54) is 12.1 Å². The molecular formula is C23H17FN4. The summed E-state index contributed by atoms with van der Waals surface area (Å²) in [6.45, 7) is 4.75. The maximum absolute atomic E-state index is 13.2. The fourth-order valence-corrected chi connectivity index (χ4v) is 3.02. The number of aromatic nitrogens is 3. The van der Waals surface area contributed by atoms with Gasteiger partial charge in [0.05, 0.1) is 17.4 Å². The maximum atomic E-state index is 13.2. The van der Waals surface area contributed by atoms with Gasteiger partial charge in [-0.1, -0.05) is 30.7 Å². The summed E-state index contributed by atoms with van der Waals surface area (Å²) in [7, 11) is 0. The molecule has 0 amide bonds. The summed E-state index contributed by atoms with van der Waals surface area (Å²) in [5, 5.41) is 8.76. The highest BCUT2D eigenvalue weighted by atomic mass is 19.1. The van der Waals surface area contributed by atoms with Crippen LogP contribution in [0, 0.1) is 18.2 Å². The number of fused-ring (bicyclic) bond motifs is 1. The van der Waals surface area contributed by atoms with Crippen LogP contribution >= 0.6 is 0 Å². The van der Waals surface area contributed by atoms with E-state index >= 15 is 0 Å². The first-order valence-electron chi connectivity index (χ1n) is 8.73. The molecule has 4 nitrogen and oxygen atoms in total. The molecule has 0 saturated heterocycles. The second kappa shape index (κ2) is 7.37. The molecule has 0 unspecified atom stereocenters. The topological polar surface area (TPSA) is 42.7 Å². The zero-order chi connectivity index (χ0) is 19.5. The molecule has 0 aliphatic rings. The third-order valence-electron chi connectivity index (χ3n) is 4.49. The molecule has 0 radical (unpaired) electrons. The fourth-order valence-electron chi connectivity index (χ4n) is 3.02. The Morgan fingerprint density at radius 1 is 1.11 bits per heavy atom. The number of nitrogens with one attached hydrogen (secondary N) is 1. The molecule has 0 saturated carbocycles. The summed E-state index contributed by atoms with van der Waals surface area (Å²) in [6, 6.07) is 15.9. The summed E-state index contributed by atoms with van der Waals surface area (Å²) in [5.74, 6) is 2.23. The van der Waals surface area contributed by atoms with Crippen molar-refractivity contribution < 1.29 is 4.39 Å². The first kappa shape index (κ1) is 17.5. The number of hydrogen-bond donors (Lipinski definition) is 1. The third kappa shape index (κ3) is 3.36. The van der Waals surface area contributed by atoms with Crippen LogP contribution in [0.15, 0.2) is 73.6 Å². The van der Waals surface area contributed by atoms with Gasteiger partial charge in [-0.3, -0.25) is 0 Å². The average molecular weight is 368 g/mol. The molecule has 0 fully saturated rings. The Bertz CT molecular complexity index is 1180. The Balaban J connectivity index is 1.59. The zero-order valence-corrected chi connectivity index (χ0v) is 15.1. The molecule has 0 bridgehead atoms. The van der Waals surface area contributed by atoms with Crippen LogP contribution in [0.1, 0.15) is 16.8 Å².